The van der Waals surface area contributed by atoms with Gasteiger partial charge in [-0.2, -0.15) is 0 Å². The third-order valence-corrected chi connectivity index (χ3v) is 4.50. The molecule has 1 aromatic rings. The molecule has 1 aliphatic rings. The molecular weight excluding hydrogens is 262 g/mol. The second kappa shape index (κ2) is 7.57. The molecule has 2 rings (SSSR count). The van der Waals surface area contributed by atoms with Crippen LogP contribution in [0.5, 0.6) is 0 Å². The minimum absolute atomic E-state index is 0.103. The monoisotopic (exact) mass is 289 g/mol. The van der Waals surface area contributed by atoms with Crippen LogP contribution in [0.3, 0.4) is 0 Å². The first-order valence-corrected chi connectivity index (χ1v) is 7.90. The third kappa shape index (κ3) is 4.29. The lowest BCUT2D eigenvalue weighted by Gasteiger charge is -2.27. The van der Waals surface area contributed by atoms with E-state index in [9.17, 15) is 4.79 Å². The number of nitrogens with one attached hydrogen (secondary N) is 2. The molecule has 1 heterocycles. The highest BCUT2D eigenvalue weighted by Gasteiger charge is 2.23. The van der Waals surface area contributed by atoms with Gasteiger partial charge in [0.15, 0.2) is 0 Å². The number of carbonyl (C=O) groups excluding carboxylic acids is 1. The minimum atomic E-state index is -0.103. The Labute approximate surface area is 127 Å². The summed E-state index contributed by atoms with van der Waals surface area (Å²) in [6.45, 7) is 6.77. The molecule has 0 aliphatic carbocycles. The maximum Gasteiger partial charge on any atom is 0.237 e. The van der Waals surface area contributed by atoms with Crippen LogP contribution >= 0.6 is 0 Å². The smallest absolute Gasteiger partial charge is 0.237 e. The van der Waals surface area contributed by atoms with Gasteiger partial charge < -0.3 is 15.5 Å². The SMILES string of the molecule is CCC(C)N(C)CCNC(=O)[C@H]1Cc2ccccc2CN1. The molecule has 4 nitrogen and oxygen atoms in total. The van der Waals surface area contributed by atoms with Crippen molar-refractivity contribution in [1.29, 1.82) is 0 Å². The predicted octanol–water partition coefficient (Wildman–Crippen LogP) is 1.55. The Balaban J connectivity index is 1.77. The van der Waals surface area contributed by atoms with Gasteiger partial charge in [0.2, 0.25) is 5.91 Å². The summed E-state index contributed by atoms with van der Waals surface area (Å²) in [6.07, 6.45) is 1.91. The van der Waals surface area contributed by atoms with E-state index in [-0.39, 0.29) is 11.9 Å². The van der Waals surface area contributed by atoms with Gasteiger partial charge in [-0.25, -0.2) is 0 Å². The number of nitrogens with zero attached hydrogens (tertiary/aromatic N) is 1. The Hall–Kier alpha value is -1.39. The molecule has 1 amide bonds. The second-order valence-corrected chi connectivity index (χ2v) is 5.94. The van der Waals surface area contributed by atoms with Crippen LogP contribution in [-0.4, -0.2) is 43.0 Å². The highest BCUT2D eigenvalue weighted by Crippen LogP contribution is 2.16. The van der Waals surface area contributed by atoms with E-state index < -0.39 is 0 Å². The Kier molecular flexibility index (Phi) is 5.76. The average molecular weight is 289 g/mol. The first-order chi connectivity index (χ1) is 10.1. The van der Waals surface area contributed by atoms with Crippen LogP contribution in [0.4, 0.5) is 0 Å². The molecule has 1 aromatic carbocycles. The van der Waals surface area contributed by atoms with Crippen LogP contribution in [0.2, 0.25) is 0 Å². The summed E-state index contributed by atoms with van der Waals surface area (Å²) >= 11 is 0. The number of amides is 1. The summed E-state index contributed by atoms with van der Waals surface area (Å²) in [5, 5.41) is 6.37. The Morgan fingerprint density at radius 1 is 1.43 bits per heavy atom. The van der Waals surface area contributed by atoms with Gasteiger partial charge in [0, 0.05) is 25.7 Å². The Bertz CT molecular complexity index is 475. The van der Waals surface area contributed by atoms with Gasteiger partial charge >= 0.3 is 0 Å². The van der Waals surface area contributed by atoms with Crippen molar-refractivity contribution in [1.82, 2.24) is 15.5 Å². The maximum absolute atomic E-state index is 12.2. The van der Waals surface area contributed by atoms with E-state index in [1.807, 2.05) is 12.1 Å². The number of hydrogen-bond donors (Lipinski definition) is 2. The number of hydrogen-bond acceptors (Lipinski definition) is 3. The van der Waals surface area contributed by atoms with Crippen LogP contribution in [0.1, 0.15) is 31.4 Å². The zero-order valence-electron chi connectivity index (χ0n) is 13.4. The summed E-state index contributed by atoms with van der Waals surface area (Å²) in [6, 6.07) is 8.78. The number of rotatable bonds is 6. The third-order valence-electron chi connectivity index (χ3n) is 4.50. The van der Waals surface area contributed by atoms with Crippen molar-refractivity contribution in [3.63, 3.8) is 0 Å². The molecule has 4 heteroatoms. The summed E-state index contributed by atoms with van der Waals surface area (Å²) < 4.78 is 0. The van der Waals surface area contributed by atoms with Gasteiger partial charge in [-0.15, -0.1) is 0 Å². The van der Waals surface area contributed by atoms with Crippen molar-refractivity contribution in [3.05, 3.63) is 35.4 Å². The standard InChI is InChI=1S/C17H27N3O/c1-4-13(2)20(3)10-9-18-17(21)16-11-14-7-5-6-8-15(14)12-19-16/h5-8,13,16,19H,4,9-12H2,1-3H3,(H,18,21)/t13?,16-/m1/s1. The summed E-state index contributed by atoms with van der Waals surface area (Å²) in [5.41, 5.74) is 2.59. The highest BCUT2D eigenvalue weighted by molar-refractivity contribution is 5.82. The quantitative estimate of drug-likeness (QED) is 0.835. The van der Waals surface area contributed by atoms with Crippen molar-refractivity contribution in [2.75, 3.05) is 20.1 Å². The lowest BCUT2D eigenvalue weighted by molar-refractivity contribution is -0.123. The minimum Gasteiger partial charge on any atom is -0.353 e. The number of benzene rings is 1. The molecule has 2 atom stereocenters. The molecule has 0 saturated carbocycles. The van der Waals surface area contributed by atoms with Crippen LogP contribution in [0.15, 0.2) is 24.3 Å². The van der Waals surface area contributed by atoms with E-state index in [4.69, 9.17) is 0 Å². The molecule has 0 spiro atoms. The van der Waals surface area contributed by atoms with Crippen molar-refractivity contribution in [3.8, 4) is 0 Å². The van der Waals surface area contributed by atoms with Crippen LogP contribution < -0.4 is 10.6 Å². The normalized spacial score (nSPS) is 19.1. The fourth-order valence-electron chi connectivity index (χ4n) is 2.65. The van der Waals surface area contributed by atoms with E-state index in [0.717, 1.165) is 25.9 Å². The lowest BCUT2D eigenvalue weighted by Crippen LogP contribution is -2.49. The van der Waals surface area contributed by atoms with Gasteiger partial charge in [-0.05, 0) is 37.9 Å². The molecule has 0 bridgehead atoms. The van der Waals surface area contributed by atoms with E-state index in [2.05, 4.69) is 48.6 Å². The number of carbonyl (C=O) groups is 1. The van der Waals surface area contributed by atoms with Crippen molar-refractivity contribution in [2.45, 2.75) is 45.3 Å². The molecule has 1 aliphatic heterocycles. The Morgan fingerprint density at radius 3 is 2.86 bits per heavy atom. The van der Waals surface area contributed by atoms with Gasteiger partial charge in [-0.3, -0.25) is 4.79 Å². The molecule has 2 N–H and O–H groups in total. The molecule has 21 heavy (non-hydrogen) atoms. The van der Waals surface area contributed by atoms with Gasteiger partial charge in [0.05, 0.1) is 6.04 Å². The zero-order chi connectivity index (χ0) is 15.2. The van der Waals surface area contributed by atoms with Gasteiger partial charge in [-0.1, -0.05) is 31.2 Å². The second-order valence-electron chi connectivity index (χ2n) is 5.94. The zero-order valence-corrected chi connectivity index (χ0v) is 13.4. The number of likely N-dealkylation sites (N-methyl/N-ethyl adjacent to an activating group) is 1. The summed E-state index contributed by atoms with van der Waals surface area (Å²) in [5.74, 6) is 0.113. The molecule has 0 aromatic heterocycles. The molecule has 116 valence electrons. The van der Waals surface area contributed by atoms with Crippen LogP contribution in [0.25, 0.3) is 0 Å². The van der Waals surface area contributed by atoms with E-state index >= 15 is 0 Å². The van der Waals surface area contributed by atoms with Crippen molar-refractivity contribution >= 4 is 5.91 Å². The van der Waals surface area contributed by atoms with Crippen molar-refractivity contribution < 1.29 is 4.79 Å². The fraction of sp³-hybridized carbons (Fsp3) is 0.588. The topological polar surface area (TPSA) is 44.4 Å². The molecule has 0 fully saturated rings. The predicted molar refractivity (Wildman–Crippen MR) is 86.2 cm³/mol. The van der Waals surface area contributed by atoms with E-state index in [1.165, 1.54) is 11.1 Å². The number of fused-ring (bicyclic) bond motifs is 1. The van der Waals surface area contributed by atoms with Crippen LogP contribution in [0, 0.1) is 0 Å². The van der Waals surface area contributed by atoms with Crippen molar-refractivity contribution in [2.24, 2.45) is 0 Å². The van der Waals surface area contributed by atoms with E-state index in [0.29, 0.717) is 12.6 Å². The fourth-order valence-corrected chi connectivity index (χ4v) is 2.65. The lowest BCUT2D eigenvalue weighted by atomic mass is 9.95. The average Bonchev–Trinajstić information content (AvgIpc) is 2.53. The molecule has 0 radical (unpaired) electrons. The van der Waals surface area contributed by atoms with Gasteiger partial charge in [0.1, 0.15) is 0 Å². The van der Waals surface area contributed by atoms with Crippen LogP contribution in [-0.2, 0) is 17.8 Å². The van der Waals surface area contributed by atoms with E-state index in [1.54, 1.807) is 0 Å². The largest absolute Gasteiger partial charge is 0.353 e. The summed E-state index contributed by atoms with van der Waals surface area (Å²) in [4.78, 5) is 14.5. The highest BCUT2D eigenvalue weighted by atomic mass is 16.2. The van der Waals surface area contributed by atoms with Gasteiger partial charge in [0.25, 0.3) is 0 Å². The first kappa shape index (κ1) is 16.0. The Morgan fingerprint density at radius 2 is 2.14 bits per heavy atom. The summed E-state index contributed by atoms with van der Waals surface area (Å²) in [7, 11) is 2.11. The maximum atomic E-state index is 12.2. The molecular formula is C17H27N3O. The molecule has 1 unspecified atom stereocenters. The molecule has 0 saturated heterocycles. The first-order valence-electron chi connectivity index (χ1n) is 7.90.